The Kier molecular flexibility index (Phi) is 5.75. The van der Waals surface area contributed by atoms with Gasteiger partial charge < -0.3 is 10.1 Å². The van der Waals surface area contributed by atoms with Crippen LogP contribution < -0.4 is 10.1 Å². The van der Waals surface area contributed by atoms with Gasteiger partial charge in [0.25, 0.3) is 0 Å². The first-order valence-electron chi connectivity index (χ1n) is 9.34. The first kappa shape index (κ1) is 18.9. The minimum atomic E-state index is -0.866. The van der Waals surface area contributed by atoms with Crippen LogP contribution in [0.4, 0.5) is 10.1 Å². The third-order valence-electron chi connectivity index (χ3n) is 5.10. The maximum atomic E-state index is 14.4. The lowest BCUT2D eigenvalue weighted by Gasteiger charge is -2.28. The van der Waals surface area contributed by atoms with Crippen LogP contribution >= 0.6 is 0 Å². The number of ether oxygens (including phenoxy) is 1. The van der Waals surface area contributed by atoms with Crippen LogP contribution in [0.3, 0.4) is 0 Å². The lowest BCUT2D eigenvalue weighted by atomic mass is 9.77. The Balaban J connectivity index is 1.87. The van der Waals surface area contributed by atoms with Crippen LogP contribution in [0.25, 0.3) is 0 Å². The van der Waals surface area contributed by atoms with E-state index in [0.717, 1.165) is 19.3 Å². The zero-order valence-corrected chi connectivity index (χ0v) is 15.4. The van der Waals surface area contributed by atoms with Crippen LogP contribution in [-0.2, 0) is 10.2 Å². The van der Waals surface area contributed by atoms with E-state index in [-0.39, 0.29) is 11.7 Å². The second-order valence-electron chi connectivity index (χ2n) is 6.89. The normalized spacial score (nSPS) is 15.1. The zero-order valence-electron chi connectivity index (χ0n) is 15.4. The smallest absolute Gasteiger partial charge is 0.235 e. The largest absolute Gasteiger partial charge is 0.492 e. The third kappa shape index (κ3) is 3.80. The molecule has 1 N–H and O–H groups in total. The van der Waals surface area contributed by atoms with Crippen LogP contribution in [-0.4, -0.2) is 12.5 Å². The molecule has 0 unspecified atom stereocenters. The van der Waals surface area contributed by atoms with Gasteiger partial charge in [0.05, 0.1) is 17.6 Å². The molecule has 0 aliphatic heterocycles. The van der Waals surface area contributed by atoms with Crippen LogP contribution in [0.5, 0.6) is 5.75 Å². The lowest BCUT2D eigenvalue weighted by molar-refractivity contribution is -0.121. The summed E-state index contributed by atoms with van der Waals surface area (Å²) in [5.41, 5.74) is 0.467. The minimum absolute atomic E-state index is 0.226. The fraction of sp³-hybridized carbons (Fsp3) is 0.364. The Morgan fingerprint density at radius 2 is 2.00 bits per heavy atom. The number of anilines is 1. The number of nitrogens with zero attached hydrogens (tertiary/aromatic N) is 1. The molecule has 0 aromatic heterocycles. The van der Waals surface area contributed by atoms with Gasteiger partial charge in [0.2, 0.25) is 5.91 Å². The van der Waals surface area contributed by atoms with Crippen molar-refractivity contribution in [1.82, 2.24) is 0 Å². The van der Waals surface area contributed by atoms with Gasteiger partial charge in [0.1, 0.15) is 17.6 Å². The molecule has 0 spiro atoms. The standard InChI is InChI=1S/C22H23FN2O2/c1-2-13-27-20-10-9-17(14-16(20)15-24)25-21(26)22(11-5-6-12-22)18-7-3-4-8-19(18)23/h3-4,7-10,14H,2,5-6,11-13H2,1H3,(H,25,26). The van der Waals surface area contributed by atoms with Gasteiger partial charge in [-0.2, -0.15) is 5.26 Å². The molecule has 27 heavy (non-hydrogen) atoms. The highest BCUT2D eigenvalue weighted by Gasteiger charge is 2.44. The molecule has 140 valence electrons. The predicted molar refractivity (Wildman–Crippen MR) is 102 cm³/mol. The van der Waals surface area contributed by atoms with E-state index in [2.05, 4.69) is 11.4 Å². The number of halogens is 1. The molecule has 2 aromatic carbocycles. The Labute approximate surface area is 159 Å². The number of rotatable bonds is 6. The van der Waals surface area contributed by atoms with Gasteiger partial charge >= 0.3 is 0 Å². The number of hydrogen-bond donors (Lipinski definition) is 1. The summed E-state index contributed by atoms with van der Waals surface area (Å²) in [7, 11) is 0. The van der Waals surface area contributed by atoms with Crippen molar-refractivity contribution < 1.29 is 13.9 Å². The summed E-state index contributed by atoms with van der Waals surface area (Å²) in [6, 6.07) is 13.6. The molecule has 1 fully saturated rings. The van der Waals surface area contributed by atoms with Crippen molar-refractivity contribution in [3.8, 4) is 11.8 Å². The fourth-order valence-corrected chi connectivity index (χ4v) is 3.73. The van der Waals surface area contributed by atoms with Crippen LogP contribution in [0.2, 0.25) is 0 Å². The Hall–Kier alpha value is -2.87. The van der Waals surface area contributed by atoms with Crippen molar-refractivity contribution >= 4 is 11.6 Å². The van der Waals surface area contributed by atoms with E-state index in [9.17, 15) is 14.4 Å². The number of amides is 1. The monoisotopic (exact) mass is 366 g/mol. The van der Waals surface area contributed by atoms with Gasteiger partial charge in [-0.1, -0.05) is 38.0 Å². The highest BCUT2D eigenvalue weighted by Crippen LogP contribution is 2.43. The third-order valence-corrected chi connectivity index (χ3v) is 5.10. The van der Waals surface area contributed by atoms with Crippen LogP contribution in [0, 0.1) is 17.1 Å². The molecule has 2 aromatic rings. The van der Waals surface area contributed by atoms with E-state index in [1.54, 1.807) is 36.4 Å². The molecular formula is C22H23FN2O2. The first-order valence-corrected chi connectivity index (χ1v) is 9.34. The molecule has 0 bridgehead atoms. The Morgan fingerprint density at radius 3 is 2.67 bits per heavy atom. The van der Waals surface area contributed by atoms with Gasteiger partial charge in [0, 0.05) is 11.3 Å². The van der Waals surface area contributed by atoms with Crippen molar-refractivity contribution in [2.75, 3.05) is 11.9 Å². The quantitative estimate of drug-likeness (QED) is 0.788. The number of benzene rings is 2. The molecule has 0 saturated heterocycles. The van der Waals surface area contributed by atoms with Gasteiger partial charge in [-0.15, -0.1) is 0 Å². The molecule has 1 amide bonds. The fourth-order valence-electron chi connectivity index (χ4n) is 3.73. The maximum absolute atomic E-state index is 14.4. The molecule has 5 heteroatoms. The summed E-state index contributed by atoms with van der Waals surface area (Å²) >= 11 is 0. The van der Waals surface area contributed by atoms with Gasteiger partial charge in [-0.05, 0) is 43.5 Å². The van der Waals surface area contributed by atoms with E-state index in [1.165, 1.54) is 6.07 Å². The topological polar surface area (TPSA) is 62.1 Å². The van der Waals surface area contributed by atoms with E-state index in [1.807, 2.05) is 6.92 Å². The highest BCUT2D eigenvalue weighted by atomic mass is 19.1. The number of carbonyl (C=O) groups excluding carboxylic acids is 1. The van der Waals surface area contributed by atoms with E-state index in [0.29, 0.717) is 42.0 Å². The highest BCUT2D eigenvalue weighted by molar-refractivity contribution is 5.99. The van der Waals surface area contributed by atoms with Gasteiger partial charge in [-0.3, -0.25) is 4.79 Å². The second kappa shape index (κ2) is 8.22. The molecule has 3 rings (SSSR count). The number of hydrogen-bond acceptors (Lipinski definition) is 3. The maximum Gasteiger partial charge on any atom is 0.235 e. The average molecular weight is 366 g/mol. The van der Waals surface area contributed by atoms with Crippen molar-refractivity contribution in [3.63, 3.8) is 0 Å². The van der Waals surface area contributed by atoms with Crippen LogP contribution in [0.1, 0.15) is 50.2 Å². The molecule has 1 aliphatic carbocycles. The first-order chi connectivity index (χ1) is 13.1. The minimum Gasteiger partial charge on any atom is -0.492 e. The number of carbonyl (C=O) groups is 1. The van der Waals surface area contributed by atoms with Crippen molar-refractivity contribution in [2.45, 2.75) is 44.4 Å². The molecular weight excluding hydrogens is 343 g/mol. The number of nitrogens with one attached hydrogen (secondary N) is 1. The summed E-state index contributed by atoms with van der Waals surface area (Å²) in [5.74, 6) is -0.0752. The van der Waals surface area contributed by atoms with Crippen molar-refractivity contribution in [3.05, 3.63) is 59.4 Å². The van der Waals surface area contributed by atoms with E-state index >= 15 is 0 Å². The summed E-state index contributed by atoms with van der Waals surface area (Å²) in [4.78, 5) is 13.2. The molecule has 0 heterocycles. The zero-order chi connectivity index (χ0) is 19.3. The van der Waals surface area contributed by atoms with Gasteiger partial charge in [-0.25, -0.2) is 4.39 Å². The number of nitriles is 1. The summed E-state index contributed by atoms with van der Waals surface area (Å²) < 4.78 is 20.0. The SMILES string of the molecule is CCCOc1ccc(NC(=O)C2(c3ccccc3F)CCCC2)cc1C#N. The summed E-state index contributed by atoms with van der Waals surface area (Å²) in [6.45, 7) is 2.52. The molecule has 0 radical (unpaired) electrons. The molecule has 4 nitrogen and oxygen atoms in total. The van der Waals surface area contributed by atoms with Gasteiger partial charge in [0.15, 0.2) is 0 Å². The molecule has 1 saturated carbocycles. The van der Waals surface area contributed by atoms with E-state index < -0.39 is 5.41 Å². The Morgan fingerprint density at radius 1 is 1.26 bits per heavy atom. The molecule has 1 aliphatic rings. The predicted octanol–water partition coefficient (Wildman–Crippen LogP) is 4.94. The summed E-state index contributed by atoms with van der Waals surface area (Å²) in [5, 5.41) is 12.3. The van der Waals surface area contributed by atoms with Crippen molar-refractivity contribution in [2.24, 2.45) is 0 Å². The molecule has 0 atom stereocenters. The van der Waals surface area contributed by atoms with Crippen LogP contribution in [0.15, 0.2) is 42.5 Å². The Bertz CT molecular complexity index is 867. The average Bonchev–Trinajstić information content (AvgIpc) is 3.18. The van der Waals surface area contributed by atoms with Crippen molar-refractivity contribution in [1.29, 1.82) is 5.26 Å². The van der Waals surface area contributed by atoms with E-state index in [4.69, 9.17) is 4.74 Å². The summed E-state index contributed by atoms with van der Waals surface area (Å²) in [6.07, 6.45) is 3.84. The lowest BCUT2D eigenvalue weighted by Crippen LogP contribution is -2.38. The second-order valence-corrected chi connectivity index (χ2v) is 6.89.